The highest BCUT2D eigenvalue weighted by atomic mass is 32.2. The molecule has 0 atom stereocenters. The Kier molecular flexibility index (Phi) is 5.08. The predicted octanol–water partition coefficient (Wildman–Crippen LogP) is 0.934. The van der Waals surface area contributed by atoms with Gasteiger partial charge in [0.25, 0.3) is 0 Å². The van der Waals surface area contributed by atoms with E-state index in [0.29, 0.717) is 5.69 Å². The number of likely N-dealkylation sites (tertiary alicyclic amines) is 1. The highest BCUT2D eigenvalue weighted by molar-refractivity contribution is 7.89. The number of aliphatic hydroxyl groups is 1. The summed E-state index contributed by atoms with van der Waals surface area (Å²) < 4.78 is 29.5. The Balaban J connectivity index is 2.16. The fraction of sp³-hybridized carbons (Fsp3) is 0.714. The van der Waals surface area contributed by atoms with E-state index in [1.54, 1.807) is 16.8 Å². The van der Waals surface area contributed by atoms with Crippen molar-refractivity contribution in [1.29, 1.82) is 0 Å². The molecule has 0 saturated carbocycles. The molecule has 0 aromatic carbocycles. The van der Waals surface area contributed by atoms with Crippen molar-refractivity contribution < 1.29 is 13.5 Å². The molecule has 0 spiro atoms. The molecule has 120 valence electrons. The monoisotopic (exact) mass is 315 g/mol. The van der Waals surface area contributed by atoms with Crippen LogP contribution in [0.5, 0.6) is 0 Å². The molecule has 1 fully saturated rings. The van der Waals surface area contributed by atoms with Crippen LogP contribution in [0.15, 0.2) is 17.2 Å². The number of piperidine rings is 1. The van der Waals surface area contributed by atoms with Crippen LogP contribution in [0.2, 0.25) is 0 Å². The maximum atomic E-state index is 12.5. The Morgan fingerprint density at radius 1 is 1.38 bits per heavy atom. The van der Waals surface area contributed by atoms with Crippen LogP contribution in [-0.2, 0) is 16.6 Å². The second kappa shape index (κ2) is 6.48. The molecule has 0 radical (unpaired) electrons. The number of aromatic nitrogens is 1. The minimum absolute atomic E-state index is 0.00817. The molecule has 7 heteroatoms. The summed E-state index contributed by atoms with van der Waals surface area (Å²) in [7, 11) is -1.48. The molecule has 1 aromatic rings. The number of nitrogens with one attached hydrogen (secondary N) is 1. The summed E-state index contributed by atoms with van der Waals surface area (Å²) in [6.07, 6.45) is 3.26. The third-order valence-electron chi connectivity index (χ3n) is 3.98. The number of sulfonamides is 1. The van der Waals surface area contributed by atoms with Gasteiger partial charge < -0.3 is 14.6 Å². The Labute approximate surface area is 126 Å². The fourth-order valence-corrected chi connectivity index (χ4v) is 4.02. The molecule has 1 aliphatic rings. The van der Waals surface area contributed by atoms with Crippen LogP contribution in [0, 0.1) is 0 Å². The molecule has 1 saturated heterocycles. The van der Waals surface area contributed by atoms with E-state index in [0.717, 1.165) is 25.9 Å². The molecule has 0 amide bonds. The Morgan fingerprint density at radius 2 is 2.00 bits per heavy atom. The van der Waals surface area contributed by atoms with E-state index in [2.05, 4.69) is 9.62 Å². The molecular weight excluding hydrogens is 290 g/mol. The van der Waals surface area contributed by atoms with Crippen molar-refractivity contribution in [1.82, 2.24) is 14.2 Å². The molecule has 2 N–H and O–H groups in total. The fourth-order valence-electron chi connectivity index (χ4n) is 2.66. The summed E-state index contributed by atoms with van der Waals surface area (Å²) in [5, 5.41) is 9.36. The molecule has 0 aliphatic carbocycles. The van der Waals surface area contributed by atoms with Gasteiger partial charge in [0.15, 0.2) is 0 Å². The molecule has 2 rings (SSSR count). The van der Waals surface area contributed by atoms with Gasteiger partial charge in [-0.05, 0) is 52.9 Å². The van der Waals surface area contributed by atoms with Gasteiger partial charge in [0.1, 0.15) is 0 Å². The van der Waals surface area contributed by atoms with E-state index in [1.807, 2.05) is 20.9 Å². The standard InChI is InChI=1S/C14H25N3O3S/c1-11(2)17-9-14(8-13(17)10-18)21(19,20)15-12-4-6-16(3)7-5-12/h8-9,11-12,15,18H,4-7,10H2,1-3H3. The largest absolute Gasteiger partial charge is 0.390 e. The molecule has 21 heavy (non-hydrogen) atoms. The van der Waals surface area contributed by atoms with Crippen LogP contribution in [0.1, 0.15) is 38.4 Å². The maximum Gasteiger partial charge on any atom is 0.242 e. The van der Waals surface area contributed by atoms with Gasteiger partial charge in [0.2, 0.25) is 10.0 Å². The van der Waals surface area contributed by atoms with Crippen molar-refractivity contribution in [2.24, 2.45) is 0 Å². The van der Waals surface area contributed by atoms with Crippen molar-refractivity contribution in [2.45, 2.75) is 50.3 Å². The maximum absolute atomic E-state index is 12.5. The first kappa shape index (κ1) is 16.5. The van der Waals surface area contributed by atoms with Crippen LogP contribution in [0.3, 0.4) is 0 Å². The molecule has 6 nitrogen and oxygen atoms in total. The van der Waals surface area contributed by atoms with Gasteiger partial charge in [-0.2, -0.15) is 0 Å². The molecule has 2 heterocycles. The summed E-state index contributed by atoms with van der Waals surface area (Å²) in [5.74, 6) is 0. The highest BCUT2D eigenvalue weighted by Crippen LogP contribution is 2.20. The first-order valence-corrected chi connectivity index (χ1v) is 8.84. The van der Waals surface area contributed by atoms with E-state index in [4.69, 9.17) is 0 Å². The number of nitrogens with zero attached hydrogens (tertiary/aromatic N) is 2. The van der Waals surface area contributed by atoms with Crippen molar-refractivity contribution in [2.75, 3.05) is 20.1 Å². The van der Waals surface area contributed by atoms with Crippen molar-refractivity contribution in [3.8, 4) is 0 Å². The molecule has 0 unspecified atom stereocenters. The number of rotatable bonds is 5. The Morgan fingerprint density at radius 3 is 2.48 bits per heavy atom. The predicted molar refractivity (Wildman–Crippen MR) is 81.6 cm³/mol. The van der Waals surface area contributed by atoms with Crippen LogP contribution in [0.25, 0.3) is 0 Å². The second-order valence-corrected chi connectivity index (χ2v) is 7.74. The van der Waals surface area contributed by atoms with Gasteiger partial charge in [0, 0.05) is 24.0 Å². The van der Waals surface area contributed by atoms with Gasteiger partial charge in [0.05, 0.1) is 11.5 Å². The topological polar surface area (TPSA) is 74.6 Å². The van der Waals surface area contributed by atoms with Crippen molar-refractivity contribution >= 4 is 10.0 Å². The van der Waals surface area contributed by atoms with Gasteiger partial charge in [-0.25, -0.2) is 13.1 Å². The first-order chi connectivity index (χ1) is 9.83. The molecule has 1 aromatic heterocycles. The smallest absolute Gasteiger partial charge is 0.242 e. The van der Waals surface area contributed by atoms with Gasteiger partial charge in [-0.3, -0.25) is 0 Å². The highest BCUT2D eigenvalue weighted by Gasteiger charge is 2.25. The minimum atomic E-state index is -3.52. The third kappa shape index (κ3) is 3.85. The lowest BCUT2D eigenvalue weighted by molar-refractivity contribution is 0.248. The van der Waals surface area contributed by atoms with E-state index in [-0.39, 0.29) is 23.6 Å². The summed E-state index contributed by atoms with van der Waals surface area (Å²) in [4.78, 5) is 2.43. The Bertz CT molecular complexity index is 572. The minimum Gasteiger partial charge on any atom is -0.390 e. The average molecular weight is 315 g/mol. The van der Waals surface area contributed by atoms with Gasteiger partial charge in [-0.1, -0.05) is 0 Å². The van der Waals surface area contributed by atoms with Crippen molar-refractivity contribution in [3.63, 3.8) is 0 Å². The van der Waals surface area contributed by atoms with Crippen LogP contribution >= 0.6 is 0 Å². The zero-order valence-corrected chi connectivity index (χ0v) is 13.7. The zero-order valence-electron chi connectivity index (χ0n) is 12.9. The number of hydrogen-bond donors (Lipinski definition) is 2. The van der Waals surface area contributed by atoms with E-state index in [1.165, 1.54) is 0 Å². The van der Waals surface area contributed by atoms with E-state index >= 15 is 0 Å². The summed E-state index contributed by atoms with van der Waals surface area (Å²) >= 11 is 0. The SMILES string of the molecule is CC(C)n1cc(S(=O)(=O)NC2CCN(C)CC2)cc1CO. The normalized spacial score (nSPS) is 18.5. The average Bonchev–Trinajstić information content (AvgIpc) is 2.86. The molecule has 1 aliphatic heterocycles. The quantitative estimate of drug-likeness (QED) is 0.848. The van der Waals surface area contributed by atoms with E-state index in [9.17, 15) is 13.5 Å². The summed E-state index contributed by atoms with van der Waals surface area (Å²) in [5.41, 5.74) is 0.619. The van der Waals surface area contributed by atoms with E-state index < -0.39 is 10.0 Å². The van der Waals surface area contributed by atoms with Crippen LogP contribution in [-0.4, -0.2) is 49.2 Å². The first-order valence-electron chi connectivity index (χ1n) is 7.36. The second-order valence-electron chi connectivity index (χ2n) is 6.03. The lowest BCUT2D eigenvalue weighted by Crippen LogP contribution is -2.43. The van der Waals surface area contributed by atoms with Gasteiger partial charge >= 0.3 is 0 Å². The third-order valence-corrected chi connectivity index (χ3v) is 5.46. The van der Waals surface area contributed by atoms with Crippen LogP contribution < -0.4 is 4.72 Å². The number of hydrogen-bond acceptors (Lipinski definition) is 4. The lowest BCUT2D eigenvalue weighted by atomic mass is 10.1. The zero-order chi connectivity index (χ0) is 15.6. The van der Waals surface area contributed by atoms with Crippen LogP contribution in [0.4, 0.5) is 0 Å². The summed E-state index contributed by atoms with van der Waals surface area (Å²) in [6, 6.07) is 1.66. The summed E-state index contributed by atoms with van der Waals surface area (Å²) in [6.45, 7) is 5.56. The molecular formula is C14H25N3O3S. The lowest BCUT2D eigenvalue weighted by Gasteiger charge is -2.29. The number of aliphatic hydroxyl groups excluding tert-OH is 1. The molecule has 0 bridgehead atoms. The Hall–Kier alpha value is -0.890. The van der Waals surface area contributed by atoms with Gasteiger partial charge in [-0.15, -0.1) is 0 Å². The van der Waals surface area contributed by atoms with Crippen molar-refractivity contribution in [3.05, 3.63) is 18.0 Å².